The molecule has 4 heteroatoms. The summed E-state index contributed by atoms with van der Waals surface area (Å²) in [6, 6.07) is 2.24. The molecule has 1 aromatic heterocycles. The van der Waals surface area contributed by atoms with Crippen molar-refractivity contribution in [3.05, 3.63) is 18.0 Å². The Kier molecular flexibility index (Phi) is 4.47. The molecule has 168 valence electrons. The summed E-state index contributed by atoms with van der Waals surface area (Å²) in [7, 11) is 0. The Morgan fingerprint density at radius 2 is 1.84 bits per heavy atom. The maximum atomic E-state index is 10.6. The van der Waals surface area contributed by atoms with E-state index in [1.54, 1.807) is 6.20 Å². The van der Waals surface area contributed by atoms with Gasteiger partial charge in [0, 0.05) is 12.7 Å². The van der Waals surface area contributed by atoms with Crippen LogP contribution in [0.2, 0.25) is 0 Å². The Morgan fingerprint density at radius 1 is 1.03 bits per heavy atom. The van der Waals surface area contributed by atoms with Crippen molar-refractivity contribution in [3.63, 3.8) is 0 Å². The maximum Gasteiger partial charge on any atom is 0.102 e. The van der Waals surface area contributed by atoms with Crippen molar-refractivity contribution in [2.75, 3.05) is 0 Å². The molecule has 0 amide bonds. The highest BCUT2D eigenvalue weighted by Crippen LogP contribution is 2.71. The van der Waals surface area contributed by atoms with Crippen LogP contribution in [0.5, 0.6) is 0 Å². The second-order valence-electron chi connectivity index (χ2n) is 12.8. The van der Waals surface area contributed by atoms with E-state index in [-0.39, 0.29) is 0 Å². The number of hydrogen-bond donors (Lipinski definition) is 1. The largest absolute Gasteiger partial charge is 0.390 e. The number of rotatable bonds is 3. The summed E-state index contributed by atoms with van der Waals surface area (Å²) in [5.74, 6) is 5.24. The normalized spacial score (nSPS) is 47.7. The highest BCUT2D eigenvalue weighted by atomic mass is 16.3. The van der Waals surface area contributed by atoms with Gasteiger partial charge in [-0.1, -0.05) is 6.92 Å². The van der Waals surface area contributed by atoms with E-state index in [2.05, 4.69) is 29.7 Å². The predicted molar refractivity (Wildman–Crippen MR) is 120 cm³/mol. The first-order valence-electron chi connectivity index (χ1n) is 13.0. The molecule has 1 heterocycles. The lowest BCUT2D eigenvalue weighted by Crippen LogP contribution is -2.51. The molecule has 6 rings (SSSR count). The lowest BCUT2D eigenvalue weighted by atomic mass is 9.48. The molecule has 0 saturated heterocycles. The summed E-state index contributed by atoms with van der Waals surface area (Å²) in [6.45, 7) is 5.74. The zero-order valence-electron chi connectivity index (χ0n) is 19.4. The molecule has 0 unspecified atom stereocenters. The Balaban J connectivity index is 1.21. The summed E-state index contributed by atoms with van der Waals surface area (Å²) in [5.41, 5.74) is 1.20. The highest BCUT2D eigenvalue weighted by Gasteiger charge is 2.64. The van der Waals surface area contributed by atoms with Crippen molar-refractivity contribution in [2.45, 2.75) is 96.6 Å². The minimum Gasteiger partial charge on any atom is -0.390 e. The number of hydrogen-bond acceptors (Lipinski definition) is 3. The lowest BCUT2D eigenvalue weighted by molar-refractivity contribution is -0.105. The summed E-state index contributed by atoms with van der Waals surface area (Å²) in [6.07, 6.45) is 18.1. The minimum absolute atomic E-state index is 0.411. The minimum atomic E-state index is -0.411. The molecule has 1 N–H and O–H groups in total. The quantitative estimate of drug-likeness (QED) is 0.695. The van der Waals surface area contributed by atoms with Gasteiger partial charge in [0.1, 0.15) is 6.07 Å². The van der Waals surface area contributed by atoms with Crippen molar-refractivity contribution in [2.24, 2.45) is 46.3 Å². The zero-order valence-corrected chi connectivity index (χ0v) is 19.4. The average molecular weight is 422 g/mol. The molecule has 8 atom stereocenters. The third-order valence-corrected chi connectivity index (χ3v) is 11.1. The fourth-order valence-electron chi connectivity index (χ4n) is 9.70. The molecule has 5 aliphatic carbocycles. The van der Waals surface area contributed by atoms with E-state index < -0.39 is 5.60 Å². The van der Waals surface area contributed by atoms with E-state index in [1.807, 2.05) is 6.20 Å². The first kappa shape index (κ1) is 20.3. The summed E-state index contributed by atoms with van der Waals surface area (Å²) in [5, 5.41) is 24.3. The molecule has 5 aliphatic rings. The van der Waals surface area contributed by atoms with Crippen molar-refractivity contribution in [1.29, 1.82) is 5.26 Å². The second-order valence-corrected chi connectivity index (χ2v) is 12.8. The maximum absolute atomic E-state index is 10.6. The highest BCUT2D eigenvalue weighted by molar-refractivity contribution is 5.22. The van der Waals surface area contributed by atoms with Gasteiger partial charge in [-0.2, -0.15) is 10.4 Å². The van der Waals surface area contributed by atoms with Crippen LogP contribution in [0.4, 0.5) is 0 Å². The van der Waals surface area contributed by atoms with Crippen LogP contribution in [-0.4, -0.2) is 20.5 Å². The Morgan fingerprint density at radius 3 is 2.58 bits per heavy atom. The van der Waals surface area contributed by atoms with Gasteiger partial charge < -0.3 is 5.11 Å². The van der Waals surface area contributed by atoms with Gasteiger partial charge in [0.05, 0.1) is 17.4 Å². The monoisotopic (exact) mass is 421 g/mol. The number of nitriles is 1. The van der Waals surface area contributed by atoms with Gasteiger partial charge >= 0.3 is 0 Å². The molecule has 0 aliphatic heterocycles. The molecule has 0 radical (unpaired) electrons. The number of aromatic nitrogens is 2. The van der Waals surface area contributed by atoms with Gasteiger partial charge in [-0.15, -0.1) is 0 Å². The molecular weight excluding hydrogens is 382 g/mol. The van der Waals surface area contributed by atoms with E-state index in [0.717, 1.165) is 54.9 Å². The Labute approximate surface area is 187 Å². The van der Waals surface area contributed by atoms with Crippen LogP contribution in [0.1, 0.15) is 90.0 Å². The average Bonchev–Trinajstić information content (AvgIpc) is 3.19. The summed E-state index contributed by atoms with van der Waals surface area (Å²) < 4.78 is 2.06. The van der Waals surface area contributed by atoms with E-state index in [0.29, 0.717) is 16.4 Å². The molecular formula is C27H39N3O. The van der Waals surface area contributed by atoms with Crippen molar-refractivity contribution >= 4 is 0 Å². The Bertz CT molecular complexity index is 893. The van der Waals surface area contributed by atoms with Crippen molar-refractivity contribution in [3.8, 4) is 6.07 Å². The number of nitrogens with zero attached hydrogens (tertiary/aromatic N) is 3. The van der Waals surface area contributed by atoms with Gasteiger partial charge in [-0.05, 0) is 124 Å². The Hall–Kier alpha value is -1.34. The molecule has 0 aromatic carbocycles. The van der Waals surface area contributed by atoms with E-state index >= 15 is 0 Å². The first-order valence-corrected chi connectivity index (χ1v) is 13.0. The van der Waals surface area contributed by atoms with Gasteiger partial charge in [0.15, 0.2) is 0 Å². The van der Waals surface area contributed by atoms with Crippen LogP contribution >= 0.6 is 0 Å². The molecule has 0 bridgehead atoms. The topological polar surface area (TPSA) is 61.8 Å². The van der Waals surface area contributed by atoms with E-state index in [9.17, 15) is 10.4 Å². The molecule has 31 heavy (non-hydrogen) atoms. The fourth-order valence-corrected chi connectivity index (χ4v) is 9.70. The van der Waals surface area contributed by atoms with Crippen LogP contribution < -0.4 is 0 Å². The van der Waals surface area contributed by atoms with Crippen LogP contribution in [0.25, 0.3) is 0 Å². The van der Waals surface area contributed by atoms with Gasteiger partial charge in [-0.3, -0.25) is 4.68 Å². The first-order chi connectivity index (χ1) is 14.8. The van der Waals surface area contributed by atoms with Crippen LogP contribution in [0, 0.1) is 57.7 Å². The molecule has 4 nitrogen and oxygen atoms in total. The smallest absolute Gasteiger partial charge is 0.102 e. The SMILES string of the molecule is C[C@@]1(O)CC[C@H]2[C@H](CC[C@@H]3[C@@H]2CC[C@]2(C)[C@@H](C4(Cn5cc(C#N)cn5)CC4)CC[C@@H]32)C1. The molecule has 5 saturated carbocycles. The van der Waals surface area contributed by atoms with Crippen LogP contribution in [0.15, 0.2) is 12.4 Å². The summed E-state index contributed by atoms with van der Waals surface area (Å²) >= 11 is 0. The molecule has 0 spiro atoms. The molecule has 5 fully saturated rings. The number of fused-ring (bicyclic) bond motifs is 5. The van der Waals surface area contributed by atoms with Gasteiger partial charge in [0.25, 0.3) is 0 Å². The summed E-state index contributed by atoms with van der Waals surface area (Å²) in [4.78, 5) is 0. The standard InChI is InChI=1S/C27H39N3O/c1-25(31)9-7-20-19(13-25)3-4-22-21(20)8-10-26(2)23(22)5-6-24(26)27(11-12-27)17-30-16-18(14-28)15-29-30/h15-16,19-24,31H,3-13,17H2,1-2H3/t19-,20+,21-,22-,23+,24+,25-,26+/m1/s1. The third-order valence-electron chi connectivity index (χ3n) is 11.1. The van der Waals surface area contributed by atoms with Crippen molar-refractivity contribution < 1.29 is 5.11 Å². The predicted octanol–water partition coefficient (Wildman–Crippen LogP) is 5.55. The number of aliphatic hydroxyl groups is 1. The second kappa shape index (κ2) is 6.83. The lowest BCUT2D eigenvalue weighted by Gasteiger charge is -2.57. The van der Waals surface area contributed by atoms with Crippen LogP contribution in [0.3, 0.4) is 0 Å². The third kappa shape index (κ3) is 3.13. The zero-order chi connectivity index (χ0) is 21.4. The van der Waals surface area contributed by atoms with Crippen LogP contribution in [-0.2, 0) is 6.54 Å². The van der Waals surface area contributed by atoms with E-state index in [1.165, 1.54) is 57.8 Å². The fraction of sp³-hybridized carbons (Fsp3) is 0.852. The van der Waals surface area contributed by atoms with Crippen molar-refractivity contribution in [1.82, 2.24) is 9.78 Å². The van der Waals surface area contributed by atoms with Gasteiger partial charge in [-0.25, -0.2) is 0 Å². The molecule has 1 aromatic rings. The van der Waals surface area contributed by atoms with Gasteiger partial charge in [0.2, 0.25) is 0 Å². The van der Waals surface area contributed by atoms with E-state index in [4.69, 9.17) is 0 Å².